The fraction of sp³-hybridized carbons (Fsp3) is 0.579. The average Bonchev–Trinajstić information content (AvgIpc) is 2.58. The maximum atomic E-state index is 12.2. The van der Waals surface area contributed by atoms with E-state index in [1.807, 2.05) is 0 Å². The van der Waals surface area contributed by atoms with E-state index < -0.39 is 10.0 Å². The van der Waals surface area contributed by atoms with Crippen molar-refractivity contribution in [2.45, 2.75) is 46.5 Å². The van der Waals surface area contributed by atoms with Gasteiger partial charge in [-0.25, -0.2) is 13.8 Å². The van der Waals surface area contributed by atoms with Crippen LogP contribution in [0.25, 0.3) is 0 Å². The number of hydrazone groups is 1. The molecule has 6 nitrogen and oxygen atoms in total. The fourth-order valence-electron chi connectivity index (χ4n) is 3.14. The molecule has 0 aliphatic heterocycles. The number of rotatable bonds is 4. The molecule has 1 aromatic rings. The third kappa shape index (κ3) is 5.30. The Bertz CT molecular complexity index is 767. The molecule has 1 aromatic carbocycles. The number of carbonyl (C=O) groups excluding carboxylic acids is 1. The van der Waals surface area contributed by atoms with Gasteiger partial charge in [0, 0.05) is 18.3 Å². The zero-order valence-electron chi connectivity index (χ0n) is 16.2. The van der Waals surface area contributed by atoms with E-state index in [0.717, 1.165) is 37.7 Å². The summed E-state index contributed by atoms with van der Waals surface area (Å²) in [5, 5.41) is 4.28. The Balaban J connectivity index is 1.94. The highest BCUT2D eigenvalue weighted by Gasteiger charge is 2.28. The first-order chi connectivity index (χ1) is 12.0. The molecule has 2 rings (SSSR count). The van der Waals surface area contributed by atoms with Gasteiger partial charge in [-0.3, -0.25) is 9.10 Å². The Morgan fingerprint density at radius 3 is 2.15 bits per heavy atom. The standard InChI is InChI=1S/C19H29N3O3S/c1-19(2,3)15-8-10-16(11-9-15)20-21-18(23)14-6-12-17(13-7-14)22(4)26(5,24)25/h6-7,12-13,15H,8-11H2,1-5H3,(H,21,23). The highest BCUT2D eigenvalue weighted by atomic mass is 32.2. The lowest BCUT2D eigenvalue weighted by atomic mass is 9.72. The Kier molecular flexibility index (Phi) is 6.11. The molecule has 0 aromatic heterocycles. The number of sulfonamides is 1. The number of carbonyl (C=O) groups is 1. The van der Waals surface area contributed by atoms with Gasteiger partial charge < -0.3 is 0 Å². The van der Waals surface area contributed by atoms with Crippen molar-refractivity contribution in [1.82, 2.24) is 5.43 Å². The van der Waals surface area contributed by atoms with Crippen molar-refractivity contribution in [3.05, 3.63) is 29.8 Å². The number of nitrogens with one attached hydrogen (secondary N) is 1. The summed E-state index contributed by atoms with van der Waals surface area (Å²) in [5.74, 6) is 0.403. The summed E-state index contributed by atoms with van der Waals surface area (Å²) in [7, 11) is -1.84. The molecule has 1 aliphatic carbocycles. The SMILES string of the molecule is CN(c1ccc(C(=O)NN=C2CCC(C(C)(C)C)CC2)cc1)S(C)(=O)=O. The summed E-state index contributed by atoms with van der Waals surface area (Å²) in [5.41, 5.74) is 4.93. The minimum Gasteiger partial charge on any atom is -0.274 e. The van der Waals surface area contributed by atoms with Crippen molar-refractivity contribution in [2.24, 2.45) is 16.4 Å². The second-order valence-corrected chi connectivity index (χ2v) is 10.1. The molecule has 7 heteroatoms. The van der Waals surface area contributed by atoms with Crippen LogP contribution in [0.15, 0.2) is 29.4 Å². The first kappa shape index (κ1) is 20.4. The lowest BCUT2D eigenvalue weighted by molar-refractivity contribution is 0.0954. The van der Waals surface area contributed by atoms with Crippen LogP contribution in [-0.4, -0.2) is 33.3 Å². The molecule has 0 atom stereocenters. The number of amides is 1. The molecule has 26 heavy (non-hydrogen) atoms. The van der Waals surface area contributed by atoms with Gasteiger partial charge in [0.15, 0.2) is 0 Å². The van der Waals surface area contributed by atoms with Gasteiger partial charge >= 0.3 is 0 Å². The second kappa shape index (κ2) is 7.78. The minimum absolute atomic E-state index is 0.288. The summed E-state index contributed by atoms with van der Waals surface area (Å²) >= 11 is 0. The Morgan fingerprint density at radius 1 is 1.15 bits per heavy atom. The molecule has 0 heterocycles. The van der Waals surface area contributed by atoms with E-state index in [-0.39, 0.29) is 5.91 Å². The number of nitrogens with zero attached hydrogens (tertiary/aromatic N) is 2. The van der Waals surface area contributed by atoms with Gasteiger partial charge in [0.1, 0.15) is 0 Å². The van der Waals surface area contributed by atoms with E-state index in [1.54, 1.807) is 24.3 Å². The molecule has 1 N–H and O–H groups in total. The summed E-state index contributed by atoms with van der Waals surface area (Å²) in [6.45, 7) is 6.81. The van der Waals surface area contributed by atoms with E-state index >= 15 is 0 Å². The van der Waals surface area contributed by atoms with E-state index in [4.69, 9.17) is 0 Å². The van der Waals surface area contributed by atoms with Crippen LogP contribution in [0.5, 0.6) is 0 Å². The van der Waals surface area contributed by atoms with Crippen molar-refractivity contribution < 1.29 is 13.2 Å². The molecule has 1 fully saturated rings. The zero-order valence-corrected chi connectivity index (χ0v) is 17.1. The van der Waals surface area contributed by atoms with Gasteiger partial charge in [-0.15, -0.1) is 0 Å². The van der Waals surface area contributed by atoms with Crippen LogP contribution in [0.4, 0.5) is 5.69 Å². The van der Waals surface area contributed by atoms with Gasteiger partial charge in [0.25, 0.3) is 5.91 Å². The molecule has 1 saturated carbocycles. The van der Waals surface area contributed by atoms with Crippen LogP contribution in [0, 0.1) is 11.3 Å². The summed E-state index contributed by atoms with van der Waals surface area (Å²) in [6, 6.07) is 6.42. The van der Waals surface area contributed by atoms with Crippen LogP contribution in [-0.2, 0) is 10.0 Å². The molecule has 0 saturated heterocycles. The molecule has 1 aliphatic rings. The molecule has 1 amide bonds. The Hall–Kier alpha value is -1.89. The normalized spacial score (nSPS) is 18.3. The third-order valence-electron chi connectivity index (χ3n) is 5.09. The number of hydrogen-bond donors (Lipinski definition) is 1. The topological polar surface area (TPSA) is 78.8 Å². The van der Waals surface area contributed by atoms with Gasteiger partial charge in [0.05, 0.1) is 11.9 Å². The summed E-state index contributed by atoms with van der Waals surface area (Å²) in [4.78, 5) is 12.2. The number of benzene rings is 1. The largest absolute Gasteiger partial charge is 0.274 e. The smallest absolute Gasteiger partial charge is 0.271 e. The second-order valence-electron chi connectivity index (χ2n) is 8.04. The predicted molar refractivity (Wildman–Crippen MR) is 106 cm³/mol. The van der Waals surface area contributed by atoms with Gasteiger partial charge in [0.2, 0.25) is 10.0 Å². The van der Waals surface area contributed by atoms with Crippen LogP contribution in [0.1, 0.15) is 56.8 Å². The third-order valence-corrected chi connectivity index (χ3v) is 6.30. The monoisotopic (exact) mass is 379 g/mol. The van der Waals surface area contributed by atoms with Crippen molar-refractivity contribution in [1.29, 1.82) is 0 Å². The fourth-order valence-corrected chi connectivity index (χ4v) is 3.64. The Morgan fingerprint density at radius 2 is 1.69 bits per heavy atom. The van der Waals surface area contributed by atoms with Crippen molar-refractivity contribution in [2.75, 3.05) is 17.6 Å². The molecule has 144 valence electrons. The van der Waals surface area contributed by atoms with Gasteiger partial charge in [-0.05, 0) is 61.3 Å². The van der Waals surface area contributed by atoms with Crippen molar-refractivity contribution in [3.63, 3.8) is 0 Å². The van der Waals surface area contributed by atoms with Crippen LogP contribution in [0.3, 0.4) is 0 Å². The van der Waals surface area contributed by atoms with Crippen LogP contribution in [0.2, 0.25) is 0 Å². The molecular formula is C19H29N3O3S. The first-order valence-electron chi connectivity index (χ1n) is 8.88. The summed E-state index contributed by atoms with van der Waals surface area (Å²) in [6.07, 6.45) is 5.17. The lowest BCUT2D eigenvalue weighted by Crippen LogP contribution is -2.27. The lowest BCUT2D eigenvalue weighted by Gasteiger charge is -2.34. The van der Waals surface area contributed by atoms with Crippen molar-refractivity contribution >= 4 is 27.3 Å². The molecular weight excluding hydrogens is 350 g/mol. The highest BCUT2D eigenvalue weighted by Crippen LogP contribution is 2.36. The van der Waals surface area contributed by atoms with Crippen LogP contribution >= 0.6 is 0 Å². The van der Waals surface area contributed by atoms with E-state index in [9.17, 15) is 13.2 Å². The van der Waals surface area contributed by atoms with E-state index in [0.29, 0.717) is 22.6 Å². The quantitative estimate of drug-likeness (QED) is 0.814. The van der Waals surface area contributed by atoms with Gasteiger partial charge in [-0.2, -0.15) is 5.10 Å². The predicted octanol–water partition coefficient (Wildman–Crippen LogP) is 3.40. The van der Waals surface area contributed by atoms with E-state index in [1.165, 1.54) is 11.4 Å². The molecule has 0 radical (unpaired) electrons. The molecule has 0 unspecified atom stereocenters. The average molecular weight is 380 g/mol. The maximum absolute atomic E-state index is 12.2. The highest BCUT2D eigenvalue weighted by molar-refractivity contribution is 7.92. The summed E-state index contributed by atoms with van der Waals surface area (Å²) < 4.78 is 24.3. The van der Waals surface area contributed by atoms with E-state index in [2.05, 4.69) is 31.3 Å². The minimum atomic E-state index is -3.32. The zero-order chi connectivity index (χ0) is 19.5. The molecule has 0 bridgehead atoms. The number of anilines is 1. The first-order valence-corrected chi connectivity index (χ1v) is 10.7. The maximum Gasteiger partial charge on any atom is 0.271 e. The van der Waals surface area contributed by atoms with Crippen molar-refractivity contribution in [3.8, 4) is 0 Å². The number of hydrogen-bond acceptors (Lipinski definition) is 4. The van der Waals surface area contributed by atoms with Crippen LogP contribution < -0.4 is 9.73 Å². The van der Waals surface area contributed by atoms with Gasteiger partial charge in [-0.1, -0.05) is 20.8 Å². The Labute approximate surface area is 156 Å². The molecule has 0 spiro atoms.